The second kappa shape index (κ2) is 5.48. The molecule has 1 heterocycles. The molecular weight excluding hydrogens is 262 g/mol. The van der Waals surface area contributed by atoms with Gasteiger partial charge in [0.15, 0.2) is 0 Å². The molecule has 0 saturated carbocycles. The van der Waals surface area contributed by atoms with Crippen LogP contribution in [0.25, 0.3) is 0 Å². The minimum atomic E-state index is -1.11. The number of nitrogens with one attached hydrogen (secondary N) is 3. The predicted molar refractivity (Wildman–Crippen MR) is 72.0 cm³/mol. The monoisotopic (exact) mass is 283 g/mol. The number of aliphatic carboxylic acids is 1. The normalized spacial score (nSPS) is 13.7. The van der Waals surface area contributed by atoms with Gasteiger partial charge in [0.2, 0.25) is 0 Å². The molecule has 0 aliphatic carbocycles. The maximum atomic E-state index is 12.0. The number of aromatic amines is 1. The van der Waals surface area contributed by atoms with Gasteiger partial charge in [-0.2, -0.15) is 5.10 Å². The van der Waals surface area contributed by atoms with Crippen LogP contribution in [-0.4, -0.2) is 37.8 Å². The first-order valence-corrected chi connectivity index (χ1v) is 6.25. The number of rotatable bonds is 5. The van der Waals surface area contributed by atoms with Crippen molar-refractivity contribution in [1.29, 1.82) is 0 Å². The lowest BCUT2D eigenvalue weighted by molar-refractivity contribution is -0.150. The molecule has 0 fully saturated rings. The fourth-order valence-corrected chi connectivity index (χ4v) is 1.43. The number of nitrogens with zero attached hydrogens (tertiary/aromatic N) is 2. The first kappa shape index (κ1) is 15.9. The first-order chi connectivity index (χ1) is 9.08. The van der Waals surface area contributed by atoms with Crippen LogP contribution >= 0.6 is 0 Å². The molecule has 1 aromatic heterocycles. The Morgan fingerprint density at radius 3 is 2.40 bits per heavy atom. The molecule has 4 N–H and O–H groups in total. The molecule has 8 heteroatoms. The van der Waals surface area contributed by atoms with Crippen molar-refractivity contribution in [3.63, 3.8) is 0 Å². The zero-order chi connectivity index (χ0) is 15.6. The van der Waals surface area contributed by atoms with Crippen LogP contribution in [0.5, 0.6) is 0 Å². The van der Waals surface area contributed by atoms with E-state index in [9.17, 15) is 14.7 Å². The Morgan fingerprint density at radius 2 is 1.95 bits per heavy atom. The minimum Gasteiger partial charge on any atom is -0.481 e. The lowest BCUT2D eigenvalue weighted by Crippen LogP contribution is -2.59. The predicted octanol–water partition coefficient (Wildman–Crippen LogP) is 1.05. The molecule has 20 heavy (non-hydrogen) atoms. The van der Waals surface area contributed by atoms with Crippen LogP contribution < -0.4 is 10.6 Å². The summed E-state index contributed by atoms with van der Waals surface area (Å²) in [6.45, 7) is 8.21. The number of H-pyrrole nitrogens is 1. The number of carbonyl (C=O) groups is 2. The Kier molecular flexibility index (Phi) is 4.36. The third-order valence-corrected chi connectivity index (χ3v) is 3.71. The highest BCUT2D eigenvalue weighted by molar-refractivity contribution is 5.79. The molecule has 0 aliphatic heterocycles. The van der Waals surface area contributed by atoms with Gasteiger partial charge in [0.1, 0.15) is 12.2 Å². The van der Waals surface area contributed by atoms with Crippen molar-refractivity contribution in [3.05, 3.63) is 12.2 Å². The molecule has 1 aromatic rings. The lowest BCUT2D eigenvalue weighted by atomic mass is 9.74. The van der Waals surface area contributed by atoms with Crippen LogP contribution in [0.15, 0.2) is 6.33 Å². The topological polar surface area (TPSA) is 120 Å². The van der Waals surface area contributed by atoms with Gasteiger partial charge in [-0.15, -0.1) is 0 Å². The average molecular weight is 283 g/mol. The van der Waals surface area contributed by atoms with Crippen LogP contribution in [-0.2, 0) is 4.79 Å². The summed E-state index contributed by atoms with van der Waals surface area (Å²) in [5.74, 6) is -0.457. The van der Waals surface area contributed by atoms with Crippen LogP contribution in [0, 0.1) is 5.41 Å². The Morgan fingerprint density at radius 1 is 1.35 bits per heavy atom. The summed E-state index contributed by atoms with van der Waals surface area (Å²) in [6.07, 6.45) is 1.35. The van der Waals surface area contributed by atoms with E-state index in [0.29, 0.717) is 5.82 Å². The summed E-state index contributed by atoms with van der Waals surface area (Å²) in [7, 11) is 0. The molecule has 8 nitrogen and oxygen atoms in total. The van der Waals surface area contributed by atoms with Gasteiger partial charge in [-0.1, -0.05) is 0 Å². The molecule has 1 atom stereocenters. The fraction of sp³-hybridized carbons (Fsp3) is 0.667. The van der Waals surface area contributed by atoms with Crippen LogP contribution in [0.4, 0.5) is 4.79 Å². The zero-order valence-electron chi connectivity index (χ0n) is 12.3. The van der Waals surface area contributed by atoms with Crippen molar-refractivity contribution < 1.29 is 14.7 Å². The number of urea groups is 1. The molecule has 0 saturated heterocycles. The standard InChI is InChI=1S/C12H21N5O3/c1-7(8-13-6-14-17-8)15-10(20)16-12(4,5)11(2,3)9(18)19/h6-7H,1-5H3,(H,18,19)(H,13,14,17)(H2,15,16,20). The smallest absolute Gasteiger partial charge is 0.315 e. The van der Waals surface area contributed by atoms with Gasteiger partial charge in [-0.25, -0.2) is 9.78 Å². The fourth-order valence-electron chi connectivity index (χ4n) is 1.43. The van der Waals surface area contributed by atoms with E-state index in [-0.39, 0.29) is 6.04 Å². The maximum absolute atomic E-state index is 12.0. The molecular formula is C12H21N5O3. The Balaban J connectivity index is 2.68. The SMILES string of the molecule is CC(NC(=O)NC(C)(C)C(C)(C)C(=O)O)c1ncn[nH]1. The van der Waals surface area contributed by atoms with Crippen molar-refractivity contribution in [3.8, 4) is 0 Å². The first-order valence-electron chi connectivity index (χ1n) is 6.25. The summed E-state index contributed by atoms with van der Waals surface area (Å²) in [4.78, 5) is 27.2. The van der Waals surface area contributed by atoms with Gasteiger partial charge in [0.25, 0.3) is 0 Å². The highest BCUT2D eigenvalue weighted by atomic mass is 16.4. The molecule has 1 unspecified atom stereocenters. The number of amides is 2. The highest BCUT2D eigenvalue weighted by Gasteiger charge is 2.44. The average Bonchev–Trinajstić information content (AvgIpc) is 2.80. The number of hydrogen-bond acceptors (Lipinski definition) is 4. The zero-order valence-corrected chi connectivity index (χ0v) is 12.3. The van der Waals surface area contributed by atoms with Gasteiger partial charge >= 0.3 is 12.0 Å². The second-order valence-electron chi connectivity index (χ2n) is 5.75. The van der Waals surface area contributed by atoms with E-state index in [4.69, 9.17) is 0 Å². The van der Waals surface area contributed by atoms with Gasteiger partial charge in [0, 0.05) is 0 Å². The number of carboxylic acid groups (broad SMARTS) is 1. The third-order valence-electron chi connectivity index (χ3n) is 3.71. The highest BCUT2D eigenvalue weighted by Crippen LogP contribution is 2.30. The Labute approximate surface area is 117 Å². The van der Waals surface area contributed by atoms with Crippen LogP contribution in [0.2, 0.25) is 0 Å². The summed E-state index contributed by atoms with van der Waals surface area (Å²) in [5, 5.41) is 20.9. The van der Waals surface area contributed by atoms with Crippen molar-refractivity contribution in [1.82, 2.24) is 25.8 Å². The van der Waals surface area contributed by atoms with Crippen molar-refractivity contribution in [2.75, 3.05) is 0 Å². The number of hydrogen-bond donors (Lipinski definition) is 4. The van der Waals surface area contributed by atoms with Crippen molar-refractivity contribution >= 4 is 12.0 Å². The van der Waals surface area contributed by atoms with E-state index in [2.05, 4.69) is 25.8 Å². The maximum Gasteiger partial charge on any atom is 0.315 e. The molecule has 112 valence electrons. The van der Waals surface area contributed by atoms with E-state index in [1.165, 1.54) is 6.33 Å². The van der Waals surface area contributed by atoms with Gasteiger partial charge in [-0.05, 0) is 34.6 Å². The Bertz CT molecular complexity index is 481. The largest absolute Gasteiger partial charge is 0.481 e. The second-order valence-corrected chi connectivity index (χ2v) is 5.75. The number of carbonyl (C=O) groups excluding carboxylic acids is 1. The minimum absolute atomic E-state index is 0.360. The van der Waals surface area contributed by atoms with E-state index >= 15 is 0 Å². The van der Waals surface area contributed by atoms with Gasteiger partial charge in [-0.3, -0.25) is 9.89 Å². The molecule has 0 aliphatic rings. The Hall–Kier alpha value is -2.12. The molecule has 0 aromatic carbocycles. The molecule has 0 bridgehead atoms. The van der Waals surface area contributed by atoms with Crippen LogP contribution in [0.3, 0.4) is 0 Å². The molecule has 0 spiro atoms. The van der Waals surface area contributed by atoms with E-state index < -0.39 is 23.0 Å². The van der Waals surface area contributed by atoms with E-state index in [0.717, 1.165) is 0 Å². The van der Waals surface area contributed by atoms with Gasteiger partial charge in [0.05, 0.1) is 17.0 Å². The van der Waals surface area contributed by atoms with Crippen molar-refractivity contribution in [2.24, 2.45) is 5.41 Å². The van der Waals surface area contributed by atoms with Crippen molar-refractivity contribution in [2.45, 2.75) is 46.2 Å². The quantitative estimate of drug-likeness (QED) is 0.644. The van der Waals surface area contributed by atoms with E-state index in [1.54, 1.807) is 34.6 Å². The summed E-state index contributed by atoms with van der Waals surface area (Å²) >= 11 is 0. The summed E-state index contributed by atoms with van der Waals surface area (Å²) < 4.78 is 0. The van der Waals surface area contributed by atoms with Crippen LogP contribution in [0.1, 0.15) is 46.5 Å². The van der Waals surface area contributed by atoms with E-state index in [1.807, 2.05) is 0 Å². The molecule has 0 radical (unpaired) electrons. The molecule has 1 rings (SSSR count). The number of aromatic nitrogens is 3. The lowest BCUT2D eigenvalue weighted by Gasteiger charge is -2.38. The van der Waals surface area contributed by atoms with Gasteiger partial charge < -0.3 is 15.7 Å². The number of carboxylic acids is 1. The third kappa shape index (κ3) is 3.25. The summed E-state index contributed by atoms with van der Waals surface area (Å²) in [6, 6.07) is -0.825. The summed E-state index contributed by atoms with van der Waals surface area (Å²) in [5.41, 5.74) is -2.04. The molecule has 2 amide bonds.